The zero-order valence-corrected chi connectivity index (χ0v) is 9.51. The van der Waals surface area contributed by atoms with E-state index in [1.54, 1.807) is 7.11 Å². The first-order valence-electron chi connectivity index (χ1n) is 5.76. The van der Waals surface area contributed by atoms with Crippen LogP contribution in [0.5, 0.6) is 0 Å². The number of methoxy groups -OCH3 is 1. The zero-order valence-electron chi connectivity index (χ0n) is 9.51. The molecule has 3 nitrogen and oxygen atoms in total. The highest BCUT2D eigenvalue weighted by molar-refractivity contribution is 4.74. The molecule has 1 aliphatic rings. The van der Waals surface area contributed by atoms with Gasteiger partial charge in [-0.2, -0.15) is 0 Å². The van der Waals surface area contributed by atoms with Crippen molar-refractivity contribution in [2.24, 2.45) is 5.92 Å². The van der Waals surface area contributed by atoms with E-state index in [2.05, 4.69) is 17.6 Å². The average Bonchev–Trinajstić information content (AvgIpc) is 2.96. The van der Waals surface area contributed by atoms with Gasteiger partial charge in [-0.3, -0.25) is 0 Å². The lowest BCUT2D eigenvalue weighted by molar-refractivity contribution is 0.198. The van der Waals surface area contributed by atoms with Crippen LogP contribution in [0.1, 0.15) is 26.2 Å². The Morgan fingerprint density at radius 1 is 1.36 bits per heavy atom. The van der Waals surface area contributed by atoms with Crippen LogP contribution in [0.4, 0.5) is 0 Å². The fourth-order valence-electron chi connectivity index (χ4n) is 1.51. The number of hydrogen-bond acceptors (Lipinski definition) is 3. The molecule has 1 rings (SSSR count). The lowest BCUT2D eigenvalue weighted by Gasteiger charge is -2.14. The van der Waals surface area contributed by atoms with Gasteiger partial charge in [0.25, 0.3) is 0 Å². The molecule has 3 heteroatoms. The van der Waals surface area contributed by atoms with E-state index in [4.69, 9.17) is 4.74 Å². The maximum Gasteiger partial charge on any atom is 0.0587 e. The summed E-state index contributed by atoms with van der Waals surface area (Å²) in [5.41, 5.74) is 0. The molecule has 0 aromatic carbocycles. The first-order chi connectivity index (χ1) is 6.83. The van der Waals surface area contributed by atoms with Gasteiger partial charge in [0.15, 0.2) is 0 Å². The van der Waals surface area contributed by atoms with E-state index < -0.39 is 0 Å². The van der Waals surface area contributed by atoms with Crippen LogP contribution in [-0.4, -0.2) is 39.4 Å². The third-order valence-electron chi connectivity index (χ3n) is 2.68. The van der Waals surface area contributed by atoms with Crippen molar-refractivity contribution in [2.45, 2.75) is 32.2 Å². The standard InChI is InChI=1S/C11H24N2O/c1-10(9-12-7-8-14-2)13-6-5-11-3-4-11/h10-13H,3-9H2,1-2H3. The van der Waals surface area contributed by atoms with Crippen LogP contribution >= 0.6 is 0 Å². The Kier molecular flexibility index (Phi) is 6.15. The number of ether oxygens (including phenoxy) is 1. The summed E-state index contributed by atoms with van der Waals surface area (Å²) in [5, 5.41) is 6.88. The Balaban J connectivity index is 1.79. The van der Waals surface area contributed by atoms with Gasteiger partial charge < -0.3 is 15.4 Å². The fraction of sp³-hybridized carbons (Fsp3) is 1.00. The van der Waals surface area contributed by atoms with Crippen LogP contribution in [0.25, 0.3) is 0 Å². The van der Waals surface area contributed by atoms with Crippen LogP contribution < -0.4 is 10.6 Å². The molecule has 1 saturated carbocycles. The summed E-state index contributed by atoms with van der Waals surface area (Å²) in [5.74, 6) is 1.04. The Bertz CT molecular complexity index is 137. The Hall–Kier alpha value is -0.120. The third kappa shape index (κ3) is 6.35. The van der Waals surface area contributed by atoms with E-state index in [0.717, 1.165) is 25.6 Å². The SMILES string of the molecule is COCCNCC(C)NCCC1CC1. The molecule has 14 heavy (non-hydrogen) atoms. The van der Waals surface area contributed by atoms with E-state index in [0.29, 0.717) is 6.04 Å². The topological polar surface area (TPSA) is 33.3 Å². The molecule has 0 radical (unpaired) electrons. The van der Waals surface area contributed by atoms with Gasteiger partial charge in [-0.25, -0.2) is 0 Å². The number of nitrogens with one attached hydrogen (secondary N) is 2. The van der Waals surface area contributed by atoms with Crippen molar-refractivity contribution >= 4 is 0 Å². The number of hydrogen-bond donors (Lipinski definition) is 2. The summed E-state index contributed by atoms with van der Waals surface area (Å²) >= 11 is 0. The van der Waals surface area contributed by atoms with E-state index >= 15 is 0 Å². The molecule has 0 bridgehead atoms. The van der Waals surface area contributed by atoms with Gasteiger partial charge in [0.2, 0.25) is 0 Å². The van der Waals surface area contributed by atoms with E-state index in [-0.39, 0.29) is 0 Å². The van der Waals surface area contributed by atoms with E-state index in [9.17, 15) is 0 Å². The van der Waals surface area contributed by atoms with Crippen LogP contribution in [0.3, 0.4) is 0 Å². The van der Waals surface area contributed by atoms with Crippen LogP contribution in [-0.2, 0) is 4.74 Å². The average molecular weight is 200 g/mol. The second-order valence-corrected chi connectivity index (χ2v) is 4.28. The predicted molar refractivity (Wildman–Crippen MR) is 59.6 cm³/mol. The van der Waals surface area contributed by atoms with Crippen molar-refractivity contribution in [3.63, 3.8) is 0 Å². The summed E-state index contributed by atoms with van der Waals surface area (Å²) in [4.78, 5) is 0. The Morgan fingerprint density at radius 2 is 2.14 bits per heavy atom. The maximum atomic E-state index is 4.96. The van der Waals surface area contributed by atoms with Crippen molar-refractivity contribution in [2.75, 3.05) is 33.4 Å². The van der Waals surface area contributed by atoms with Crippen molar-refractivity contribution in [1.82, 2.24) is 10.6 Å². The van der Waals surface area contributed by atoms with Gasteiger partial charge in [-0.05, 0) is 25.8 Å². The molecule has 84 valence electrons. The second kappa shape index (κ2) is 7.21. The van der Waals surface area contributed by atoms with E-state index in [1.807, 2.05) is 0 Å². The van der Waals surface area contributed by atoms with Gasteiger partial charge >= 0.3 is 0 Å². The maximum absolute atomic E-state index is 4.96. The molecule has 0 aliphatic heterocycles. The van der Waals surface area contributed by atoms with Crippen LogP contribution in [0.15, 0.2) is 0 Å². The summed E-state index contributed by atoms with van der Waals surface area (Å²) in [6.07, 6.45) is 4.28. The normalized spacial score (nSPS) is 18.4. The second-order valence-electron chi connectivity index (χ2n) is 4.28. The zero-order chi connectivity index (χ0) is 10.2. The Morgan fingerprint density at radius 3 is 2.79 bits per heavy atom. The lowest BCUT2D eigenvalue weighted by Crippen LogP contribution is -2.37. The molecule has 1 unspecified atom stereocenters. The largest absolute Gasteiger partial charge is 0.383 e. The fourth-order valence-corrected chi connectivity index (χ4v) is 1.51. The van der Waals surface area contributed by atoms with Crippen LogP contribution in [0, 0.1) is 5.92 Å². The van der Waals surface area contributed by atoms with Gasteiger partial charge in [-0.1, -0.05) is 12.8 Å². The molecule has 1 aliphatic carbocycles. The monoisotopic (exact) mass is 200 g/mol. The minimum Gasteiger partial charge on any atom is -0.383 e. The molecular formula is C11H24N2O. The number of rotatable bonds is 9. The molecule has 0 aromatic heterocycles. The van der Waals surface area contributed by atoms with Crippen molar-refractivity contribution in [3.8, 4) is 0 Å². The first-order valence-corrected chi connectivity index (χ1v) is 5.76. The van der Waals surface area contributed by atoms with Gasteiger partial charge in [0.1, 0.15) is 0 Å². The third-order valence-corrected chi connectivity index (χ3v) is 2.68. The molecular weight excluding hydrogens is 176 g/mol. The lowest BCUT2D eigenvalue weighted by atomic mass is 10.2. The van der Waals surface area contributed by atoms with Crippen molar-refractivity contribution in [1.29, 1.82) is 0 Å². The van der Waals surface area contributed by atoms with E-state index in [1.165, 1.54) is 25.8 Å². The van der Waals surface area contributed by atoms with Gasteiger partial charge in [0, 0.05) is 26.2 Å². The predicted octanol–water partition coefficient (Wildman–Crippen LogP) is 1.00. The minimum atomic E-state index is 0.575. The summed E-state index contributed by atoms with van der Waals surface area (Å²) < 4.78 is 4.96. The summed E-state index contributed by atoms with van der Waals surface area (Å²) in [7, 11) is 1.74. The Labute approximate surface area is 87.6 Å². The van der Waals surface area contributed by atoms with Crippen molar-refractivity contribution in [3.05, 3.63) is 0 Å². The molecule has 0 spiro atoms. The van der Waals surface area contributed by atoms with Gasteiger partial charge in [-0.15, -0.1) is 0 Å². The molecule has 0 amide bonds. The summed E-state index contributed by atoms with van der Waals surface area (Å²) in [6, 6.07) is 0.575. The highest BCUT2D eigenvalue weighted by atomic mass is 16.5. The molecule has 0 heterocycles. The highest BCUT2D eigenvalue weighted by Crippen LogP contribution is 2.31. The molecule has 0 saturated heterocycles. The van der Waals surface area contributed by atoms with Crippen molar-refractivity contribution < 1.29 is 4.74 Å². The molecule has 0 aromatic rings. The molecule has 1 fully saturated rings. The van der Waals surface area contributed by atoms with Crippen LogP contribution in [0.2, 0.25) is 0 Å². The quantitative estimate of drug-likeness (QED) is 0.545. The molecule has 1 atom stereocenters. The molecule has 2 N–H and O–H groups in total. The summed E-state index contributed by atoms with van der Waals surface area (Å²) in [6.45, 7) is 6.19. The first kappa shape index (κ1) is 12.0. The smallest absolute Gasteiger partial charge is 0.0587 e. The minimum absolute atomic E-state index is 0.575. The highest BCUT2D eigenvalue weighted by Gasteiger charge is 2.20. The van der Waals surface area contributed by atoms with Gasteiger partial charge in [0.05, 0.1) is 6.61 Å².